The van der Waals surface area contributed by atoms with E-state index in [4.69, 9.17) is 9.57 Å². The number of aliphatic hydroxyl groups excluding tert-OH is 1. The van der Waals surface area contributed by atoms with Gasteiger partial charge in [-0.25, -0.2) is 0 Å². The van der Waals surface area contributed by atoms with E-state index in [9.17, 15) is 14.7 Å². The van der Waals surface area contributed by atoms with Crippen molar-refractivity contribution in [3.05, 3.63) is 24.3 Å². The molecule has 1 saturated heterocycles. The van der Waals surface area contributed by atoms with Gasteiger partial charge >= 0.3 is 0 Å². The molecule has 7 heteroatoms. The number of amides is 2. The third-order valence-electron chi connectivity index (χ3n) is 2.75. The number of hydrogen-bond donors (Lipinski definition) is 3. The van der Waals surface area contributed by atoms with Gasteiger partial charge in [-0.05, 0) is 12.1 Å². The molecule has 0 spiro atoms. The zero-order valence-corrected chi connectivity index (χ0v) is 10.3. The van der Waals surface area contributed by atoms with Crippen LogP contribution in [0.25, 0.3) is 0 Å². The molecule has 2 atom stereocenters. The molecule has 0 bridgehead atoms. The van der Waals surface area contributed by atoms with Crippen LogP contribution in [0.4, 0.5) is 0 Å². The van der Waals surface area contributed by atoms with Gasteiger partial charge in [-0.1, -0.05) is 6.07 Å². The number of carbonyl (C=O) groups excluding carboxylic acids is 2. The molecule has 7 nitrogen and oxygen atoms in total. The lowest BCUT2D eigenvalue weighted by molar-refractivity contribution is -0.140. The number of carbonyl (C=O) groups is 2. The highest BCUT2D eigenvalue weighted by atomic mass is 16.7. The van der Waals surface area contributed by atoms with Gasteiger partial charge in [0.2, 0.25) is 5.91 Å². The second-order valence-corrected chi connectivity index (χ2v) is 4.04. The van der Waals surface area contributed by atoms with Crippen LogP contribution in [0, 0.1) is 5.92 Å². The lowest BCUT2D eigenvalue weighted by atomic mass is 10.1. The molecule has 1 aliphatic heterocycles. The summed E-state index contributed by atoms with van der Waals surface area (Å²) in [6, 6.07) is 6.61. The van der Waals surface area contributed by atoms with Gasteiger partial charge in [0.1, 0.15) is 11.7 Å². The fraction of sp³-hybridized carbons (Fsp3) is 0.333. The molecule has 0 aromatic heterocycles. The fourth-order valence-corrected chi connectivity index (χ4v) is 1.74. The van der Waals surface area contributed by atoms with Gasteiger partial charge in [-0.2, -0.15) is 5.48 Å². The Morgan fingerprint density at radius 1 is 1.47 bits per heavy atom. The number of ether oxygens (including phenoxy) is 1. The van der Waals surface area contributed by atoms with Gasteiger partial charge in [-0.15, -0.1) is 0 Å². The van der Waals surface area contributed by atoms with E-state index in [0.29, 0.717) is 11.5 Å². The average molecular weight is 266 g/mol. The standard InChI is InChI=1S/C12H14N2O5/c1-18-7-3-2-4-8(5-7)19-14-12(17)10-9(15)6-13-11(10)16/h2-5,9-10,15H,6H2,1H3,(H,13,16)(H,14,17). The minimum absolute atomic E-state index is 0.0656. The van der Waals surface area contributed by atoms with Gasteiger partial charge in [-0.3, -0.25) is 9.59 Å². The van der Waals surface area contributed by atoms with Crippen molar-refractivity contribution in [3.63, 3.8) is 0 Å². The summed E-state index contributed by atoms with van der Waals surface area (Å²) in [5, 5.41) is 11.9. The van der Waals surface area contributed by atoms with Crippen LogP contribution in [0.15, 0.2) is 24.3 Å². The maximum Gasteiger partial charge on any atom is 0.267 e. The molecule has 19 heavy (non-hydrogen) atoms. The number of nitrogens with one attached hydrogen (secondary N) is 2. The van der Waals surface area contributed by atoms with E-state index in [1.165, 1.54) is 7.11 Å². The SMILES string of the molecule is COc1cccc(ONC(=O)C2C(=O)NCC2O)c1. The Kier molecular flexibility index (Phi) is 3.86. The maximum absolute atomic E-state index is 11.7. The molecule has 1 fully saturated rings. The largest absolute Gasteiger partial charge is 0.497 e. The highest BCUT2D eigenvalue weighted by molar-refractivity contribution is 6.02. The summed E-state index contributed by atoms with van der Waals surface area (Å²) in [6.07, 6.45) is -1.04. The van der Waals surface area contributed by atoms with Crippen LogP contribution >= 0.6 is 0 Å². The van der Waals surface area contributed by atoms with Gasteiger partial charge < -0.3 is 20.0 Å². The zero-order valence-electron chi connectivity index (χ0n) is 10.3. The summed E-state index contributed by atoms with van der Waals surface area (Å²) < 4.78 is 5.00. The Hall–Kier alpha value is -2.28. The molecule has 1 heterocycles. The Morgan fingerprint density at radius 2 is 2.21 bits per heavy atom. The molecule has 1 aromatic carbocycles. The van der Waals surface area contributed by atoms with Crippen LogP contribution in [0.5, 0.6) is 11.5 Å². The van der Waals surface area contributed by atoms with Crippen molar-refractivity contribution in [1.29, 1.82) is 0 Å². The maximum atomic E-state index is 11.7. The van der Waals surface area contributed by atoms with Gasteiger partial charge in [0.05, 0.1) is 13.2 Å². The molecule has 2 unspecified atom stereocenters. The summed E-state index contributed by atoms with van der Waals surface area (Å²) in [5.41, 5.74) is 2.14. The summed E-state index contributed by atoms with van der Waals surface area (Å²) in [4.78, 5) is 28.1. The quantitative estimate of drug-likeness (QED) is 0.490. The average Bonchev–Trinajstić information content (AvgIpc) is 2.76. The molecular formula is C12H14N2O5. The van der Waals surface area contributed by atoms with E-state index in [1.807, 2.05) is 0 Å². The van der Waals surface area contributed by atoms with Crippen molar-refractivity contribution in [2.45, 2.75) is 6.10 Å². The van der Waals surface area contributed by atoms with Crippen LogP contribution in [0.2, 0.25) is 0 Å². The monoisotopic (exact) mass is 266 g/mol. The number of benzene rings is 1. The normalized spacial score (nSPS) is 21.7. The van der Waals surface area contributed by atoms with Crippen molar-refractivity contribution < 1.29 is 24.3 Å². The first-order chi connectivity index (χ1) is 9.11. The van der Waals surface area contributed by atoms with E-state index < -0.39 is 23.8 Å². The Balaban J connectivity index is 1.94. The molecular weight excluding hydrogens is 252 g/mol. The molecule has 3 N–H and O–H groups in total. The highest BCUT2D eigenvalue weighted by Crippen LogP contribution is 2.18. The number of methoxy groups -OCH3 is 1. The molecule has 0 radical (unpaired) electrons. The Bertz CT molecular complexity index is 491. The number of hydroxylamine groups is 1. The van der Waals surface area contributed by atoms with Crippen molar-refractivity contribution in [3.8, 4) is 11.5 Å². The molecule has 0 aliphatic carbocycles. The minimum Gasteiger partial charge on any atom is -0.497 e. The first kappa shape index (κ1) is 13.2. The van der Waals surface area contributed by atoms with Crippen LogP contribution in [0.1, 0.15) is 0 Å². The molecule has 102 valence electrons. The number of rotatable bonds is 4. The predicted molar refractivity (Wildman–Crippen MR) is 64.3 cm³/mol. The summed E-state index contributed by atoms with van der Waals surface area (Å²) >= 11 is 0. The van der Waals surface area contributed by atoms with Gasteiger partial charge in [0, 0.05) is 12.6 Å². The van der Waals surface area contributed by atoms with Crippen LogP contribution in [0.3, 0.4) is 0 Å². The topological polar surface area (TPSA) is 96.9 Å². The van der Waals surface area contributed by atoms with Crippen molar-refractivity contribution in [2.24, 2.45) is 5.92 Å². The third kappa shape index (κ3) is 2.94. The Morgan fingerprint density at radius 3 is 2.84 bits per heavy atom. The lowest BCUT2D eigenvalue weighted by Gasteiger charge is -2.12. The first-order valence-electron chi connectivity index (χ1n) is 5.68. The van der Waals surface area contributed by atoms with E-state index >= 15 is 0 Å². The summed E-state index contributed by atoms with van der Waals surface area (Å²) in [6.45, 7) is 0.0656. The second kappa shape index (κ2) is 5.57. The predicted octanol–water partition coefficient (Wildman–Crippen LogP) is -0.788. The molecule has 2 rings (SSSR count). The number of β-amino-alcohol motifs (C(OH)–C–C–N with tert-alkyl or cyclic N) is 1. The van der Waals surface area contributed by atoms with Crippen molar-refractivity contribution in [2.75, 3.05) is 13.7 Å². The zero-order chi connectivity index (χ0) is 13.8. The summed E-state index contributed by atoms with van der Waals surface area (Å²) in [5.74, 6) is -1.42. The second-order valence-electron chi connectivity index (χ2n) is 4.04. The minimum atomic E-state index is -1.15. The first-order valence-corrected chi connectivity index (χ1v) is 5.68. The Labute approximate surface area is 109 Å². The van der Waals surface area contributed by atoms with Crippen LogP contribution < -0.4 is 20.4 Å². The van der Waals surface area contributed by atoms with E-state index in [1.54, 1.807) is 24.3 Å². The molecule has 1 aromatic rings. The van der Waals surface area contributed by atoms with Crippen molar-refractivity contribution >= 4 is 11.8 Å². The smallest absolute Gasteiger partial charge is 0.267 e. The third-order valence-corrected chi connectivity index (χ3v) is 2.75. The van der Waals surface area contributed by atoms with E-state index in [2.05, 4.69) is 10.8 Å². The molecule has 2 amide bonds. The van der Waals surface area contributed by atoms with Crippen LogP contribution in [-0.4, -0.2) is 36.7 Å². The number of hydrogen-bond acceptors (Lipinski definition) is 5. The highest BCUT2D eigenvalue weighted by Gasteiger charge is 2.39. The number of aliphatic hydroxyl groups is 1. The van der Waals surface area contributed by atoms with Gasteiger partial charge in [0.25, 0.3) is 5.91 Å². The van der Waals surface area contributed by atoms with Crippen molar-refractivity contribution in [1.82, 2.24) is 10.8 Å². The van der Waals surface area contributed by atoms with E-state index in [0.717, 1.165) is 0 Å². The lowest BCUT2D eigenvalue weighted by Crippen LogP contribution is -2.40. The summed E-state index contributed by atoms with van der Waals surface area (Å²) in [7, 11) is 1.51. The van der Waals surface area contributed by atoms with E-state index in [-0.39, 0.29) is 6.54 Å². The molecule has 1 aliphatic rings. The van der Waals surface area contributed by atoms with Gasteiger partial charge in [0.15, 0.2) is 5.75 Å². The molecule has 0 saturated carbocycles. The van der Waals surface area contributed by atoms with Crippen LogP contribution in [-0.2, 0) is 9.59 Å². The fourth-order valence-electron chi connectivity index (χ4n) is 1.74.